The standard InChI is InChI=1S/C11H12BrNO/c1-7-6-10(13-14-2)8-4-3-5-9(12)11(7)8/h3-5,7H,6H2,1-2H3/b13-10-/t7-/m0/s1. The van der Waals surface area contributed by atoms with Crippen molar-refractivity contribution in [1.29, 1.82) is 0 Å². The van der Waals surface area contributed by atoms with E-state index in [2.05, 4.69) is 40.1 Å². The largest absolute Gasteiger partial charge is 0.399 e. The second kappa shape index (κ2) is 3.73. The minimum Gasteiger partial charge on any atom is -0.399 e. The molecule has 0 spiro atoms. The molecule has 1 aromatic rings. The Labute approximate surface area is 92.1 Å². The van der Waals surface area contributed by atoms with Gasteiger partial charge in [0.05, 0.1) is 5.71 Å². The lowest BCUT2D eigenvalue weighted by molar-refractivity contribution is 0.213. The molecule has 0 fully saturated rings. The summed E-state index contributed by atoms with van der Waals surface area (Å²) in [4.78, 5) is 4.84. The number of hydrogen-bond acceptors (Lipinski definition) is 2. The average Bonchev–Trinajstić information content (AvgIpc) is 2.46. The van der Waals surface area contributed by atoms with Crippen LogP contribution in [0, 0.1) is 0 Å². The van der Waals surface area contributed by atoms with E-state index in [-0.39, 0.29) is 0 Å². The predicted octanol–water partition coefficient (Wildman–Crippen LogP) is 3.31. The molecule has 0 saturated heterocycles. The third kappa shape index (κ3) is 1.46. The summed E-state index contributed by atoms with van der Waals surface area (Å²) in [6.45, 7) is 2.21. The van der Waals surface area contributed by atoms with Crippen molar-refractivity contribution in [3.8, 4) is 0 Å². The Kier molecular flexibility index (Phi) is 2.59. The van der Waals surface area contributed by atoms with Gasteiger partial charge in [-0.1, -0.05) is 40.1 Å². The van der Waals surface area contributed by atoms with Gasteiger partial charge in [0.25, 0.3) is 0 Å². The zero-order valence-corrected chi connectivity index (χ0v) is 9.84. The van der Waals surface area contributed by atoms with Gasteiger partial charge in [0.2, 0.25) is 0 Å². The fourth-order valence-electron chi connectivity index (χ4n) is 1.99. The monoisotopic (exact) mass is 253 g/mol. The van der Waals surface area contributed by atoms with Crippen LogP contribution >= 0.6 is 15.9 Å². The average molecular weight is 254 g/mol. The fourth-order valence-corrected chi connectivity index (χ4v) is 2.75. The molecule has 1 aliphatic carbocycles. The molecule has 2 nitrogen and oxygen atoms in total. The second-order valence-corrected chi connectivity index (χ2v) is 4.38. The highest BCUT2D eigenvalue weighted by molar-refractivity contribution is 9.10. The molecule has 0 radical (unpaired) electrons. The number of fused-ring (bicyclic) bond motifs is 1. The molecule has 0 aliphatic heterocycles. The molecule has 0 amide bonds. The molecular weight excluding hydrogens is 242 g/mol. The summed E-state index contributed by atoms with van der Waals surface area (Å²) in [5, 5.41) is 4.05. The lowest BCUT2D eigenvalue weighted by Crippen LogP contribution is -1.94. The molecule has 1 aromatic carbocycles. The Morgan fingerprint density at radius 3 is 3.00 bits per heavy atom. The van der Waals surface area contributed by atoms with Gasteiger partial charge in [-0.25, -0.2) is 0 Å². The molecule has 0 saturated carbocycles. The van der Waals surface area contributed by atoms with Crippen LogP contribution < -0.4 is 0 Å². The SMILES string of the molecule is CO/N=C1/C[C@H](C)c2c(Br)cccc21. The van der Waals surface area contributed by atoms with Gasteiger partial charge in [0.1, 0.15) is 7.11 Å². The van der Waals surface area contributed by atoms with E-state index in [0.717, 1.165) is 12.1 Å². The molecule has 0 bridgehead atoms. The van der Waals surface area contributed by atoms with E-state index in [1.807, 2.05) is 6.07 Å². The minimum absolute atomic E-state index is 0.523. The molecule has 0 heterocycles. The highest BCUT2D eigenvalue weighted by atomic mass is 79.9. The van der Waals surface area contributed by atoms with Crippen LogP contribution in [0.3, 0.4) is 0 Å². The Morgan fingerprint density at radius 1 is 1.50 bits per heavy atom. The summed E-state index contributed by atoms with van der Waals surface area (Å²) < 4.78 is 1.17. The number of rotatable bonds is 1. The zero-order chi connectivity index (χ0) is 10.1. The summed E-state index contributed by atoms with van der Waals surface area (Å²) >= 11 is 3.57. The van der Waals surface area contributed by atoms with Crippen molar-refractivity contribution in [2.24, 2.45) is 5.16 Å². The van der Waals surface area contributed by atoms with E-state index >= 15 is 0 Å². The Morgan fingerprint density at radius 2 is 2.29 bits per heavy atom. The molecule has 0 aromatic heterocycles. The van der Waals surface area contributed by atoms with Gasteiger partial charge in [-0.2, -0.15) is 0 Å². The number of benzene rings is 1. The second-order valence-electron chi connectivity index (χ2n) is 3.53. The maximum absolute atomic E-state index is 4.84. The number of oxime groups is 1. The normalized spacial score (nSPS) is 22.5. The van der Waals surface area contributed by atoms with E-state index in [0.29, 0.717) is 5.92 Å². The maximum atomic E-state index is 4.84. The Balaban J connectivity index is 2.55. The van der Waals surface area contributed by atoms with Crippen molar-refractivity contribution >= 4 is 21.6 Å². The van der Waals surface area contributed by atoms with Gasteiger partial charge >= 0.3 is 0 Å². The van der Waals surface area contributed by atoms with Crippen LogP contribution in [0.1, 0.15) is 30.4 Å². The fraction of sp³-hybridized carbons (Fsp3) is 0.364. The molecule has 1 aliphatic rings. The molecule has 0 N–H and O–H groups in total. The molecule has 0 unspecified atom stereocenters. The molecular formula is C11H12BrNO. The third-order valence-electron chi connectivity index (χ3n) is 2.56. The first-order valence-electron chi connectivity index (χ1n) is 4.63. The Hall–Kier alpha value is -0.830. The number of hydrogen-bond donors (Lipinski definition) is 0. The highest BCUT2D eigenvalue weighted by Gasteiger charge is 2.26. The van der Waals surface area contributed by atoms with E-state index in [9.17, 15) is 0 Å². The molecule has 74 valence electrons. The molecule has 1 atom stereocenters. The summed E-state index contributed by atoms with van der Waals surface area (Å²) in [5.74, 6) is 0.523. The predicted molar refractivity (Wildman–Crippen MR) is 60.7 cm³/mol. The van der Waals surface area contributed by atoms with Crippen LogP contribution in [0.2, 0.25) is 0 Å². The third-order valence-corrected chi connectivity index (χ3v) is 3.25. The molecule has 2 rings (SSSR count). The first-order valence-corrected chi connectivity index (χ1v) is 5.42. The van der Waals surface area contributed by atoms with Crippen molar-refractivity contribution in [1.82, 2.24) is 0 Å². The lowest BCUT2D eigenvalue weighted by atomic mass is 10.0. The summed E-state index contributed by atoms with van der Waals surface area (Å²) in [6, 6.07) is 6.21. The lowest BCUT2D eigenvalue weighted by Gasteiger charge is -2.05. The summed E-state index contributed by atoms with van der Waals surface area (Å²) in [7, 11) is 1.59. The first kappa shape index (κ1) is 9.71. The number of halogens is 1. The smallest absolute Gasteiger partial charge is 0.106 e. The van der Waals surface area contributed by atoms with Crippen LogP contribution in [0.25, 0.3) is 0 Å². The summed E-state index contributed by atoms with van der Waals surface area (Å²) in [6.07, 6.45) is 0.964. The summed E-state index contributed by atoms with van der Waals surface area (Å²) in [5.41, 5.74) is 3.62. The van der Waals surface area contributed by atoms with Crippen molar-refractivity contribution in [3.63, 3.8) is 0 Å². The van der Waals surface area contributed by atoms with Crippen molar-refractivity contribution in [2.75, 3.05) is 7.11 Å². The first-order chi connectivity index (χ1) is 6.74. The van der Waals surface area contributed by atoms with E-state index in [4.69, 9.17) is 4.84 Å². The van der Waals surface area contributed by atoms with Gasteiger partial charge in [-0.15, -0.1) is 0 Å². The van der Waals surface area contributed by atoms with Crippen LogP contribution in [-0.2, 0) is 4.84 Å². The van der Waals surface area contributed by atoms with Crippen molar-refractivity contribution in [3.05, 3.63) is 33.8 Å². The Bertz CT molecular complexity index is 387. The van der Waals surface area contributed by atoms with Gasteiger partial charge in [-0.05, 0) is 17.5 Å². The maximum Gasteiger partial charge on any atom is 0.106 e. The van der Waals surface area contributed by atoms with Crippen LogP contribution in [0.15, 0.2) is 27.8 Å². The molecule has 14 heavy (non-hydrogen) atoms. The van der Waals surface area contributed by atoms with Gasteiger partial charge in [0, 0.05) is 16.5 Å². The minimum atomic E-state index is 0.523. The van der Waals surface area contributed by atoms with E-state index in [1.165, 1.54) is 15.6 Å². The van der Waals surface area contributed by atoms with Crippen molar-refractivity contribution in [2.45, 2.75) is 19.3 Å². The quantitative estimate of drug-likeness (QED) is 0.704. The number of nitrogens with zero attached hydrogens (tertiary/aromatic N) is 1. The van der Waals surface area contributed by atoms with E-state index in [1.54, 1.807) is 7.11 Å². The van der Waals surface area contributed by atoms with Gasteiger partial charge < -0.3 is 4.84 Å². The van der Waals surface area contributed by atoms with Crippen LogP contribution in [-0.4, -0.2) is 12.8 Å². The van der Waals surface area contributed by atoms with Gasteiger partial charge in [-0.3, -0.25) is 0 Å². The van der Waals surface area contributed by atoms with Crippen LogP contribution in [0.5, 0.6) is 0 Å². The van der Waals surface area contributed by atoms with Gasteiger partial charge in [0.15, 0.2) is 0 Å². The van der Waals surface area contributed by atoms with Crippen molar-refractivity contribution < 1.29 is 4.84 Å². The zero-order valence-electron chi connectivity index (χ0n) is 8.25. The highest BCUT2D eigenvalue weighted by Crippen LogP contribution is 2.37. The molecule has 3 heteroatoms. The topological polar surface area (TPSA) is 21.6 Å². The van der Waals surface area contributed by atoms with E-state index < -0.39 is 0 Å². The van der Waals surface area contributed by atoms with Crippen LogP contribution in [0.4, 0.5) is 0 Å².